The van der Waals surface area contributed by atoms with Crippen LogP contribution in [0.4, 0.5) is 11.4 Å². The number of rotatable bonds is 9. The van der Waals surface area contributed by atoms with Crippen LogP contribution in [-0.4, -0.2) is 19.5 Å². The zero-order chi connectivity index (χ0) is 28.9. The van der Waals surface area contributed by atoms with Crippen LogP contribution in [0.3, 0.4) is 0 Å². The molecule has 1 aliphatic heterocycles. The molecule has 0 spiro atoms. The second kappa shape index (κ2) is 12.4. The van der Waals surface area contributed by atoms with Crippen LogP contribution < -0.4 is 24.8 Å². The molecular weight excluding hydrogens is 524 g/mol. The first-order valence-corrected chi connectivity index (χ1v) is 14.6. The Balaban J connectivity index is 1.34. The van der Waals surface area contributed by atoms with E-state index in [1.165, 1.54) is 0 Å². The van der Waals surface area contributed by atoms with E-state index < -0.39 is 0 Å². The van der Waals surface area contributed by atoms with Crippen LogP contribution in [0.25, 0.3) is 0 Å². The summed E-state index contributed by atoms with van der Waals surface area (Å²) in [5, 5.41) is 7.30. The van der Waals surface area contributed by atoms with E-state index in [1.54, 1.807) is 7.11 Å². The Hall–Kier alpha value is -4.71. The van der Waals surface area contributed by atoms with Crippen LogP contribution in [0.15, 0.2) is 108 Å². The summed E-state index contributed by atoms with van der Waals surface area (Å²) in [6.45, 7) is 3.21. The number of ketones is 1. The van der Waals surface area contributed by atoms with Gasteiger partial charge in [0.1, 0.15) is 12.4 Å². The van der Waals surface area contributed by atoms with Crippen molar-refractivity contribution >= 4 is 17.2 Å². The molecule has 4 aromatic rings. The number of carbonyl (C=O) groups excluding carboxylic acids is 1. The number of hydrogen-bond donors (Lipinski definition) is 2. The predicted octanol–water partition coefficient (Wildman–Crippen LogP) is 8.04. The van der Waals surface area contributed by atoms with Crippen LogP contribution in [0, 0.1) is 0 Å². The van der Waals surface area contributed by atoms with Gasteiger partial charge < -0.3 is 24.8 Å². The van der Waals surface area contributed by atoms with Gasteiger partial charge in [0.2, 0.25) is 0 Å². The molecule has 2 unspecified atom stereocenters. The monoisotopic (exact) mass is 560 g/mol. The minimum atomic E-state index is -0.348. The molecule has 6 heteroatoms. The summed E-state index contributed by atoms with van der Waals surface area (Å²) < 4.78 is 17.6. The minimum Gasteiger partial charge on any atom is -0.494 e. The zero-order valence-corrected chi connectivity index (χ0v) is 24.1. The van der Waals surface area contributed by atoms with E-state index in [2.05, 4.69) is 29.7 Å². The van der Waals surface area contributed by atoms with Gasteiger partial charge in [-0.3, -0.25) is 4.79 Å². The third kappa shape index (κ3) is 5.84. The van der Waals surface area contributed by atoms with E-state index in [9.17, 15) is 4.79 Å². The topological polar surface area (TPSA) is 68.8 Å². The van der Waals surface area contributed by atoms with Crippen molar-refractivity contribution in [2.24, 2.45) is 0 Å². The molecule has 6 rings (SSSR count). The molecule has 0 amide bonds. The van der Waals surface area contributed by atoms with E-state index in [0.29, 0.717) is 31.1 Å². The number of benzene rings is 4. The van der Waals surface area contributed by atoms with Gasteiger partial charge in [0.05, 0.1) is 31.1 Å². The normalized spacial score (nSPS) is 17.7. The molecule has 0 radical (unpaired) electrons. The first kappa shape index (κ1) is 27.5. The molecule has 0 bridgehead atoms. The number of ether oxygens (including phenoxy) is 3. The first-order chi connectivity index (χ1) is 20.6. The molecule has 42 heavy (non-hydrogen) atoms. The Morgan fingerprint density at radius 3 is 2.29 bits per heavy atom. The van der Waals surface area contributed by atoms with Gasteiger partial charge in [-0.2, -0.15) is 0 Å². The summed E-state index contributed by atoms with van der Waals surface area (Å²) in [5.74, 6) is 2.36. The highest BCUT2D eigenvalue weighted by molar-refractivity contribution is 6.01. The quantitative estimate of drug-likeness (QED) is 0.216. The van der Waals surface area contributed by atoms with E-state index in [4.69, 9.17) is 14.2 Å². The van der Waals surface area contributed by atoms with Gasteiger partial charge in [0.25, 0.3) is 0 Å². The lowest BCUT2D eigenvalue weighted by Crippen LogP contribution is -2.27. The van der Waals surface area contributed by atoms with Gasteiger partial charge in [-0.1, -0.05) is 67.6 Å². The molecule has 2 atom stereocenters. The highest BCUT2D eigenvalue weighted by Gasteiger charge is 2.36. The highest BCUT2D eigenvalue weighted by atomic mass is 16.5. The van der Waals surface area contributed by atoms with E-state index in [-0.39, 0.29) is 17.7 Å². The lowest BCUT2D eigenvalue weighted by Gasteiger charge is -2.30. The van der Waals surface area contributed by atoms with Crippen LogP contribution in [0.2, 0.25) is 0 Å². The Bertz CT molecular complexity index is 1580. The van der Waals surface area contributed by atoms with Gasteiger partial charge >= 0.3 is 0 Å². The number of anilines is 2. The number of Topliss-reactive ketones (excluding diaryl/α,β-unsaturated/α-hetero) is 1. The van der Waals surface area contributed by atoms with E-state index in [0.717, 1.165) is 57.9 Å². The molecule has 0 saturated heterocycles. The fourth-order valence-corrected chi connectivity index (χ4v) is 5.76. The van der Waals surface area contributed by atoms with Crippen molar-refractivity contribution in [2.45, 2.75) is 44.8 Å². The van der Waals surface area contributed by atoms with Gasteiger partial charge in [0.15, 0.2) is 17.3 Å². The van der Waals surface area contributed by atoms with Crippen LogP contribution >= 0.6 is 0 Å². The lowest BCUT2D eigenvalue weighted by atomic mass is 9.78. The summed E-state index contributed by atoms with van der Waals surface area (Å²) in [4.78, 5) is 14.0. The van der Waals surface area contributed by atoms with Crippen LogP contribution in [-0.2, 0) is 11.4 Å². The number of fused-ring (bicyclic) bond motifs is 1. The Kier molecular flexibility index (Phi) is 8.13. The minimum absolute atomic E-state index is 0.0792. The zero-order valence-electron chi connectivity index (χ0n) is 24.1. The standard InChI is InChI=1S/C36H36N2O4/c1-3-19-41-28-16-13-25(14-17-28)27-20-31-35(32(39)21-27)36(38-30-12-8-7-11-29(30)37-31)26-15-18-33(40-2)34(22-26)42-23-24-9-5-4-6-10-24/h4-18,22,27,36-38H,3,19-21,23H2,1-2H3. The number of carbonyl (C=O) groups is 1. The Morgan fingerprint density at radius 2 is 1.52 bits per heavy atom. The second-order valence-corrected chi connectivity index (χ2v) is 10.8. The number of methoxy groups -OCH3 is 1. The lowest BCUT2D eigenvalue weighted by molar-refractivity contribution is -0.116. The molecule has 1 aliphatic carbocycles. The van der Waals surface area contributed by atoms with Crippen molar-refractivity contribution in [3.63, 3.8) is 0 Å². The molecule has 214 valence electrons. The maximum absolute atomic E-state index is 14.0. The smallest absolute Gasteiger partial charge is 0.163 e. The first-order valence-electron chi connectivity index (χ1n) is 14.6. The van der Waals surface area contributed by atoms with Crippen molar-refractivity contribution in [1.29, 1.82) is 0 Å². The van der Waals surface area contributed by atoms with Gasteiger partial charge in [-0.15, -0.1) is 0 Å². The van der Waals surface area contributed by atoms with Crippen molar-refractivity contribution in [1.82, 2.24) is 0 Å². The SMILES string of the molecule is CCCOc1ccc(C2CC(=O)C3=C(C2)Nc2ccccc2NC3c2ccc(OC)c(OCc3ccccc3)c2)cc1. The fourth-order valence-electron chi connectivity index (χ4n) is 5.76. The summed E-state index contributed by atoms with van der Waals surface area (Å²) >= 11 is 0. The molecular formula is C36H36N2O4. The van der Waals surface area contributed by atoms with Crippen molar-refractivity contribution < 1.29 is 19.0 Å². The third-order valence-electron chi connectivity index (χ3n) is 7.89. The van der Waals surface area contributed by atoms with E-state index in [1.807, 2.05) is 84.9 Å². The van der Waals surface area contributed by atoms with Crippen LogP contribution in [0.5, 0.6) is 17.2 Å². The largest absolute Gasteiger partial charge is 0.494 e. The summed E-state index contributed by atoms with van der Waals surface area (Å²) in [7, 11) is 1.64. The van der Waals surface area contributed by atoms with Gasteiger partial charge in [0, 0.05) is 17.7 Å². The molecule has 0 aromatic heterocycles. The summed E-state index contributed by atoms with van der Waals surface area (Å²) in [5.41, 5.74) is 6.77. The molecule has 0 saturated carbocycles. The average molecular weight is 561 g/mol. The second-order valence-electron chi connectivity index (χ2n) is 10.8. The van der Waals surface area contributed by atoms with Crippen LogP contribution in [0.1, 0.15) is 54.8 Å². The van der Waals surface area contributed by atoms with Gasteiger partial charge in [-0.05, 0) is 71.8 Å². The molecule has 1 heterocycles. The molecule has 2 aliphatic rings. The summed E-state index contributed by atoms with van der Waals surface area (Å²) in [6, 6.07) is 31.9. The molecule has 0 fully saturated rings. The van der Waals surface area contributed by atoms with Crippen molar-refractivity contribution in [3.05, 3.63) is 125 Å². The predicted molar refractivity (Wildman–Crippen MR) is 166 cm³/mol. The molecule has 4 aromatic carbocycles. The Morgan fingerprint density at radius 1 is 0.786 bits per heavy atom. The average Bonchev–Trinajstić information content (AvgIpc) is 3.20. The highest BCUT2D eigenvalue weighted by Crippen LogP contribution is 2.45. The van der Waals surface area contributed by atoms with Gasteiger partial charge in [-0.25, -0.2) is 0 Å². The number of allylic oxidation sites excluding steroid dienone is 1. The summed E-state index contributed by atoms with van der Waals surface area (Å²) in [6.07, 6.45) is 2.14. The maximum atomic E-state index is 14.0. The number of para-hydroxylation sites is 2. The number of hydrogen-bond acceptors (Lipinski definition) is 6. The molecule has 2 N–H and O–H groups in total. The number of nitrogens with one attached hydrogen (secondary N) is 2. The van der Waals surface area contributed by atoms with Crippen molar-refractivity contribution in [3.8, 4) is 17.2 Å². The van der Waals surface area contributed by atoms with E-state index >= 15 is 0 Å². The molecule has 6 nitrogen and oxygen atoms in total. The fraction of sp³-hybridized carbons (Fsp3) is 0.250. The maximum Gasteiger partial charge on any atom is 0.163 e. The third-order valence-corrected chi connectivity index (χ3v) is 7.89. The Labute approximate surface area is 247 Å². The van der Waals surface area contributed by atoms with Crippen molar-refractivity contribution in [2.75, 3.05) is 24.4 Å².